The van der Waals surface area contributed by atoms with Crippen LogP contribution >= 0.6 is 12.4 Å². The summed E-state index contributed by atoms with van der Waals surface area (Å²) in [5.74, 6) is -0.139. The van der Waals surface area contributed by atoms with Crippen molar-refractivity contribution in [2.45, 2.75) is 30.8 Å². The van der Waals surface area contributed by atoms with Gasteiger partial charge in [0.15, 0.2) is 0 Å². The third kappa shape index (κ3) is 3.47. The molecule has 1 aliphatic carbocycles. The third-order valence-corrected chi connectivity index (χ3v) is 3.58. The van der Waals surface area contributed by atoms with Gasteiger partial charge in [0.05, 0.1) is 12.1 Å². The number of benzene rings is 1. The lowest BCUT2D eigenvalue weighted by Crippen LogP contribution is -2.56. The molecule has 0 heterocycles. The number of methoxy groups -OCH3 is 1. The number of rotatable bonds is 5. The van der Waals surface area contributed by atoms with E-state index in [1.54, 1.807) is 7.11 Å². The fourth-order valence-corrected chi connectivity index (χ4v) is 2.36. The Morgan fingerprint density at radius 2 is 2.05 bits per heavy atom. The number of nitrogens with two attached hydrogens (primary N) is 1. The second kappa shape index (κ2) is 6.89. The summed E-state index contributed by atoms with van der Waals surface area (Å²) in [6.45, 7) is 0.247. The fraction of sp³-hybridized carbons (Fsp3) is 0.500. The number of hydrogen-bond donors (Lipinski definition) is 2. The van der Waals surface area contributed by atoms with Crippen molar-refractivity contribution < 1.29 is 9.53 Å². The van der Waals surface area contributed by atoms with Gasteiger partial charge in [-0.05, 0) is 24.8 Å². The molecule has 0 spiro atoms. The van der Waals surface area contributed by atoms with Crippen molar-refractivity contribution in [3.05, 3.63) is 35.9 Å². The van der Waals surface area contributed by atoms with Crippen LogP contribution in [0.5, 0.6) is 0 Å². The van der Waals surface area contributed by atoms with E-state index in [9.17, 15) is 4.79 Å². The minimum absolute atomic E-state index is 0. The van der Waals surface area contributed by atoms with Gasteiger partial charge in [0.2, 0.25) is 5.91 Å². The van der Waals surface area contributed by atoms with Gasteiger partial charge >= 0.3 is 0 Å². The van der Waals surface area contributed by atoms with Crippen molar-refractivity contribution in [3.63, 3.8) is 0 Å². The molecule has 1 atom stereocenters. The van der Waals surface area contributed by atoms with E-state index in [4.69, 9.17) is 10.5 Å². The van der Waals surface area contributed by atoms with Crippen LogP contribution in [-0.2, 0) is 15.1 Å². The average Bonchev–Trinajstić information content (AvgIpc) is 2.35. The predicted octanol–water partition coefficient (Wildman–Crippen LogP) is 1.58. The lowest BCUT2D eigenvalue weighted by atomic mass is 9.71. The van der Waals surface area contributed by atoms with E-state index in [0.717, 1.165) is 24.8 Å². The number of ether oxygens (including phenoxy) is 1. The second-order valence-corrected chi connectivity index (χ2v) is 4.85. The van der Waals surface area contributed by atoms with Crippen molar-refractivity contribution >= 4 is 18.3 Å². The maximum Gasteiger partial charge on any atom is 0.239 e. The van der Waals surface area contributed by atoms with Gasteiger partial charge < -0.3 is 15.8 Å². The zero-order valence-electron chi connectivity index (χ0n) is 11.1. The monoisotopic (exact) mass is 284 g/mol. The zero-order chi connectivity index (χ0) is 13.0. The Balaban J connectivity index is 0.00000180. The normalized spacial score (nSPS) is 17.8. The smallest absolute Gasteiger partial charge is 0.239 e. The molecule has 1 saturated carbocycles. The average molecular weight is 285 g/mol. The SMILES string of the molecule is COCC(N)C(=O)NC1(c2ccccc2)CCC1.Cl. The zero-order valence-corrected chi connectivity index (χ0v) is 11.9. The molecule has 5 heteroatoms. The van der Waals surface area contributed by atoms with E-state index in [1.165, 1.54) is 0 Å². The Kier molecular flexibility index (Phi) is 5.79. The topological polar surface area (TPSA) is 64.3 Å². The largest absolute Gasteiger partial charge is 0.383 e. The van der Waals surface area contributed by atoms with E-state index >= 15 is 0 Å². The quantitative estimate of drug-likeness (QED) is 0.863. The summed E-state index contributed by atoms with van der Waals surface area (Å²) < 4.78 is 4.91. The van der Waals surface area contributed by atoms with Crippen LogP contribution in [0.2, 0.25) is 0 Å². The number of carbonyl (C=O) groups is 1. The van der Waals surface area contributed by atoms with Crippen LogP contribution in [0.3, 0.4) is 0 Å². The summed E-state index contributed by atoms with van der Waals surface area (Å²) >= 11 is 0. The summed E-state index contributed by atoms with van der Waals surface area (Å²) in [6.07, 6.45) is 3.08. The standard InChI is InChI=1S/C14H20N2O2.ClH/c1-18-10-12(15)13(17)16-14(8-5-9-14)11-6-3-2-4-7-11;/h2-4,6-7,12H,5,8-10,15H2,1H3,(H,16,17);1H. The van der Waals surface area contributed by atoms with Gasteiger partial charge in [0, 0.05) is 7.11 Å². The Morgan fingerprint density at radius 3 is 2.53 bits per heavy atom. The molecule has 19 heavy (non-hydrogen) atoms. The minimum Gasteiger partial charge on any atom is -0.383 e. The summed E-state index contributed by atoms with van der Waals surface area (Å²) in [6, 6.07) is 9.49. The van der Waals surface area contributed by atoms with Gasteiger partial charge in [-0.25, -0.2) is 0 Å². The van der Waals surface area contributed by atoms with Gasteiger partial charge in [-0.3, -0.25) is 4.79 Å². The molecule has 1 aliphatic rings. The molecule has 0 aromatic heterocycles. The summed E-state index contributed by atoms with van der Waals surface area (Å²) in [7, 11) is 1.55. The molecule has 0 bridgehead atoms. The van der Waals surface area contributed by atoms with Crippen LogP contribution in [-0.4, -0.2) is 25.7 Å². The highest BCUT2D eigenvalue weighted by Gasteiger charge is 2.40. The van der Waals surface area contributed by atoms with Gasteiger partial charge in [0.25, 0.3) is 0 Å². The van der Waals surface area contributed by atoms with Crippen molar-refractivity contribution in [1.29, 1.82) is 0 Å². The molecule has 0 saturated heterocycles. The summed E-state index contributed by atoms with van der Waals surface area (Å²) in [4.78, 5) is 12.0. The number of carbonyl (C=O) groups excluding carboxylic acids is 1. The van der Waals surface area contributed by atoms with Gasteiger partial charge in [-0.2, -0.15) is 0 Å². The van der Waals surface area contributed by atoms with E-state index in [-0.39, 0.29) is 30.5 Å². The van der Waals surface area contributed by atoms with Crippen LogP contribution < -0.4 is 11.1 Å². The predicted molar refractivity (Wildman–Crippen MR) is 77.2 cm³/mol. The molecule has 0 radical (unpaired) electrons. The molecule has 1 amide bonds. The number of amides is 1. The first kappa shape index (κ1) is 16.0. The van der Waals surface area contributed by atoms with Crippen LogP contribution in [0.25, 0.3) is 0 Å². The Bertz CT molecular complexity index is 407. The van der Waals surface area contributed by atoms with Crippen molar-refractivity contribution in [3.8, 4) is 0 Å². The highest BCUT2D eigenvalue weighted by atomic mass is 35.5. The van der Waals surface area contributed by atoms with Gasteiger partial charge in [0.1, 0.15) is 6.04 Å². The highest BCUT2D eigenvalue weighted by Crippen LogP contribution is 2.41. The number of nitrogens with one attached hydrogen (secondary N) is 1. The Hall–Kier alpha value is -1.10. The Labute approximate surface area is 120 Å². The first-order valence-electron chi connectivity index (χ1n) is 6.30. The van der Waals surface area contributed by atoms with Crippen molar-refractivity contribution in [2.75, 3.05) is 13.7 Å². The molecule has 1 aromatic rings. The molecule has 0 aliphatic heterocycles. The first-order chi connectivity index (χ1) is 8.68. The van der Waals surface area contributed by atoms with Gasteiger partial charge in [-0.15, -0.1) is 12.4 Å². The molecule has 1 fully saturated rings. The molecule has 1 unspecified atom stereocenters. The second-order valence-electron chi connectivity index (χ2n) is 4.85. The maximum atomic E-state index is 12.0. The molecule has 4 nitrogen and oxygen atoms in total. The van der Waals surface area contributed by atoms with E-state index in [1.807, 2.05) is 18.2 Å². The summed E-state index contributed by atoms with van der Waals surface area (Å²) in [5, 5.41) is 3.09. The van der Waals surface area contributed by atoms with Crippen molar-refractivity contribution in [1.82, 2.24) is 5.32 Å². The van der Waals surface area contributed by atoms with E-state index in [2.05, 4.69) is 17.4 Å². The molecule has 1 aromatic carbocycles. The molecule has 106 valence electrons. The molecule has 2 rings (SSSR count). The van der Waals surface area contributed by atoms with Crippen LogP contribution in [0.15, 0.2) is 30.3 Å². The van der Waals surface area contributed by atoms with Crippen LogP contribution in [0, 0.1) is 0 Å². The van der Waals surface area contributed by atoms with E-state index < -0.39 is 6.04 Å². The maximum absolute atomic E-state index is 12.0. The van der Waals surface area contributed by atoms with Crippen LogP contribution in [0.1, 0.15) is 24.8 Å². The van der Waals surface area contributed by atoms with E-state index in [0.29, 0.717) is 0 Å². The summed E-state index contributed by atoms with van der Waals surface area (Å²) in [5.41, 5.74) is 6.70. The lowest BCUT2D eigenvalue weighted by molar-refractivity contribution is -0.126. The van der Waals surface area contributed by atoms with Crippen molar-refractivity contribution in [2.24, 2.45) is 5.73 Å². The third-order valence-electron chi connectivity index (χ3n) is 3.58. The Morgan fingerprint density at radius 1 is 1.42 bits per heavy atom. The molecular weight excluding hydrogens is 264 g/mol. The lowest BCUT2D eigenvalue weighted by Gasteiger charge is -2.43. The van der Waals surface area contributed by atoms with Gasteiger partial charge in [-0.1, -0.05) is 30.3 Å². The minimum atomic E-state index is -0.601. The first-order valence-corrected chi connectivity index (χ1v) is 6.30. The highest BCUT2D eigenvalue weighted by molar-refractivity contribution is 5.85. The number of halogens is 1. The molecular formula is C14H21ClN2O2. The molecule has 3 N–H and O–H groups in total. The fourth-order valence-electron chi connectivity index (χ4n) is 2.36. The van der Waals surface area contributed by atoms with Crippen LogP contribution in [0.4, 0.5) is 0 Å². The number of hydrogen-bond acceptors (Lipinski definition) is 3.